The molecule has 0 spiro atoms. The van der Waals surface area contributed by atoms with Crippen LogP contribution < -0.4 is 15.4 Å². The van der Waals surface area contributed by atoms with E-state index in [2.05, 4.69) is 40.7 Å². The van der Waals surface area contributed by atoms with Crippen molar-refractivity contribution in [3.63, 3.8) is 0 Å². The number of ether oxygens (including phenoxy) is 1. The minimum absolute atomic E-state index is 0.581. The first kappa shape index (κ1) is 16.2. The second-order valence-electron chi connectivity index (χ2n) is 6.96. The monoisotopic (exact) mass is 315 g/mol. The molecule has 4 nitrogen and oxygen atoms in total. The number of benzene rings is 1. The average Bonchev–Trinajstić information content (AvgIpc) is 3.42. The molecule has 1 aromatic carbocycles. The zero-order chi connectivity index (χ0) is 16.3. The van der Waals surface area contributed by atoms with Gasteiger partial charge in [-0.05, 0) is 62.5 Å². The minimum Gasteiger partial charge on any atom is -0.494 e. The van der Waals surface area contributed by atoms with Crippen molar-refractivity contribution in [1.82, 2.24) is 10.6 Å². The first-order chi connectivity index (χ1) is 11.2. The van der Waals surface area contributed by atoms with Gasteiger partial charge in [0.25, 0.3) is 0 Å². The lowest BCUT2D eigenvalue weighted by Gasteiger charge is -2.19. The molecule has 1 aromatic rings. The van der Waals surface area contributed by atoms with Crippen LogP contribution in [0.3, 0.4) is 0 Å². The van der Waals surface area contributed by atoms with Crippen LogP contribution in [0.25, 0.3) is 0 Å². The SMILES string of the molecule is CCOc1cc(C)ccc1CNC(=NC)NCC1(C2CC2)CC1. The summed E-state index contributed by atoms with van der Waals surface area (Å²) >= 11 is 0. The van der Waals surface area contributed by atoms with Gasteiger partial charge < -0.3 is 15.4 Å². The second kappa shape index (κ2) is 6.81. The molecule has 0 aromatic heterocycles. The highest BCUT2D eigenvalue weighted by Gasteiger charge is 2.53. The summed E-state index contributed by atoms with van der Waals surface area (Å²) in [6.07, 6.45) is 5.62. The lowest BCUT2D eigenvalue weighted by molar-refractivity contribution is 0.336. The number of nitrogens with zero attached hydrogens (tertiary/aromatic N) is 1. The number of aryl methyl sites for hydroxylation is 1. The van der Waals surface area contributed by atoms with Crippen LogP contribution in [-0.2, 0) is 6.54 Å². The number of aliphatic imine (C=N–C) groups is 1. The van der Waals surface area contributed by atoms with Gasteiger partial charge in [-0.15, -0.1) is 0 Å². The summed E-state index contributed by atoms with van der Waals surface area (Å²) in [6.45, 7) is 6.59. The third kappa shape index (κ3) is 3.98. The third-order valence-electron chi connectivity index (χ3n) is 5.14. The Bertz CT molecular complexity index is 574. The van der Waals surface area contributed by atoms with Gasteiger partial charge in [0, 0.05) is 25.7 Å². The molecule has 0 atom stereocenters. The van der Waals surface area contributed by atoms with Crippen molar-refractivity contribution < 1.29 is 4.74 Å². The molecule has 0 bridgehead atoms. The molecule has 2 saturated carbocycles. The van der Waals surface area contributed by atoms with Crippen LogP contribution in [0.15, 0.2) is 23.2 Å². The topological polar surface area (TPSA) is 45.6 Å². The fourth-order valence-electron chi connectivity index (χ4n) is 3.34. The number of hydrogen-bond donors (Lipinski definition) is 2. The standard InChI is InChI=1S/C19H29N3O/c1-4-23-17-11-14(2)5-6-15(17)12-21-18(20-3)22-13-19(9-10-19)16-7-8-16/h5-6,11,16H,4,7-10,12-13H2,1-3H3,(H2,20,21,22). The zero-order valence-corrected chi connectivity index (χ0v) is 14.6. The molecule has 126 valence electrons. The Hall–Kier alpha value is -1.71. The minimum atomic E-state index is 0.581. The molecule has 2 N–H and O–H groups in total. The molecule has 0 heterocycles. The highest BCUT2D eigenvalue weighted by atomic mass is 16.5. The molecule has 0 radical (unpaired) electrons. The van der Waals surface area contributed by atoms with Crippen LogP contribution in [0.2, 0.25) is 0 Å². The predicted molar refractivity (Wildman–Crippen MR) is 94.9 cm³/mol. The van der Waals surface area contributed by atoms with Gasteiger partial charge in [0.15, 0.2) is 5.96 Å². The number of nitrogens with one attached hydrogen (secondary N) is 2. The van der Waals surface area contributed by atoms with E-state index in [1.54, 1.807) is 0 Å². The molecular formula is C19H29N3O. The Morgan fingerprint density at radius 1 is 1.30 bits per heavy atom. The van der Waals surface area contributed by atoms with Crippen LogP contribution >= 0.6 is 0 Å². The number of hydrogen-bond acceptors (Lipinski definition) is 2. The predicted octanol–water partition coefficient (Wildman–Crippen LogP) is 3.25. The molecule has 4 heteroatoms. The summed E-state index contributed by atoms with van der Waals surface area (Å²) in [5.74, 6) is 2.82. The molecule has 23 heavy (non-hydrogen) atoms. The van der Waals surface area contributed by atoms with Crippen molar-refractivity contribution in [3.8, 4) is 5.75 Å². The van der Waals surface area contributed by atoms with Gasteiger partial charge in [-0.3, -0.25) is 4.99 Å². The molecule has 0 aliphatic heterocycles. The van der Waals surface area contributed by atoms with E-state index in [1.807, 2.05) is 14.0 Å². The molecular weight excluding hydrogens is 286 g/mol. The summed E-state index contributed by atoms with van der Waals surface area (Å²) < 4.78 is 5.75. The smallest absolute Gasteiger partial charge is 0.191 e. The van der Waals surface area contributed by atoms with Crippen LogP contribution in [0, 0.1) is 18.3 Å². The Labute approximate surface area is 139 Å². The summed E-state index contributed by atoms with van der Waals surface area (Å²) in [5, 5.41) is 6.95. The Morgan fingerprint density at radius 2 is 2.09 bits per heavy atom. The maximum absolute atomic E-state index is 5.75. The van der Waals surface area contributed by atoms with Crippen molar-refractivity contribution in [2.75, 3.05) is 20.2 Å². The maximum Gasteiger partial charge on any atom is 0.191 e. The van der Waals surface area contributed by atoms with Crippen LogP contribution in [0.1, 0.15) is 43.7 Å². The van der Waals surface area contributed by atoms with E-state index in [9.17, 15) is 0 Å². The lowest BCUT2D eigenvalue weighted by Crippen LogP contribution is -2.40. The Morgan fingerprint density at radius 3 is 2.70 bits per heavy atom. The first-order valence-electron chi connectivity index (χ1n) is 8.84. The largest absolute Gasteiger partial charge is 0.494 e. The number of rotatable bonds is 7. The summed E-state index contributed by atoms with van der Waals surface area (Å²) in [4.78, 5) is 4.36. The summed E-state index contributed by atoms with van der Waals surface area (Å²) in [6, 6.07) is 6.36. The third-order valence-corrected chi connectivity index (χ3v) is 5.14. The van der Waals surface area contributed by atoms with E-state index in [0.29, 0.717) is 12.0 Å². The van der Waals surface area contributed by atoms with E-state index in [0.717, 1.165) is 30.7 Å². The van der Waals surface area contributed by atoms with E-state index < -0.39 is 0 Å². The first-order valence-corrected chi connectivity index (χ1v) is 8.84. The second-order valence-corrected chi connectivity index (χ2v) is 6.96. The van der Waals surface area contributed by atoms with Crippen molar-refractivity contribution >= 4 is 5.96 Å². The Kier molecular flexibility index (Phi) is 4.79. The van der Waals surface area contributed by atoms with Crippen molar-refractivity contribution in [2.45, 2.75) is 46.1 Å². The number of guanidine groups is 1. The summed E-state index contributed by atoms with van der Waals surface area (Å²) in [7, 11) is 1.84. The highest BCUT2D eigenvalue weighted by molar-refractivity contribution is 5.79. The van der Waals surface area contributed by atoms with Crippen LogP contribution in [-0.4, -0.2) is 26.2 Å². The van der Waals surface area contributed by atoms with Gasteiger partial charge in [0.2, 0.25) is 0 Å². The maximum atomic E-state index is 5.75. The quantitative estimate of drug-likeness (QED) is 0.600. The van der Waals surface area contributed by atoms with Gasteiger partial charge in [-0.1, -0.05) is 12.1 Å². The van der Waals surface area contributed by atoms with Crippen molar-refractivity contribution in [1.29, 1.82) is 0 Å². The van der Waals surface area contributed by atoms with Gasteiger partial charge >= 0.3 is 0 Å². The van der Waals surface area contributed by atoms with Gasteiger partial charge in [0.05, 0.1) is 6.61 Å². The molecule has 0 saturated heterocycles. The Balaban J connectivity index is 1.53. The van der Waals surface area contributed by atoms with E-state index in [4.69, 9.17) is 4.74 Å². The molecule has 2 fully saturated rings. The van der Waals surface area contributed by atoms with Gasteiger partial charge in [0.1, 0.15) is 5.75 Å². The molecule has 2 aliphatic carbocycles. The average molecular weight is 315 g/mol. The van der Waals surface area contributed by atoms with Gasteiger partial charge in [-0.25, -0.2) is 0 Å². The molecule has 2 aliphatic rings. The van der Waals surface area contributed by atoms with Gasteiger partial charge in [-0.2, -0.15) is 0 Å². The molecule has 3 rings (SSSR count). The molecule has 0 amide bonds. The van der Waals surface area contributed by atoms with E-state index in [1.165, 1.54) is 36.8 Å². The van der Waals surface area contributed by atoms with Crippen LogP contribution in [0.5, 0.6) is 5.75 Å². The summed E-state index contributed by atoms with van der Waals surface area (Å²) in [5.41, 5.74) is 2.97. The lowest BCUT2D eigenvalue weighted by atomic mass is 10.0. The zero-order valence-electron chi connectivity index (χ0n) is 14.6. The van der Waals surface area contributed by atoms with E-state index in [-0.39, 0.29) is 0 Å². The highest BCUT2D eigenvalue weighted by Crippen LogP contribution is 2.60. The normalized spacial score (nSPS) is 19.3. The fraction of sp³-hybridized carbons (Fsp3) is 0.632. The molecule has 0 unspecified atom stereocenters. The van der Waals surface area contributed by atoms with Crippen LogP contribution in [0.4, 0.5) is 0 Å². The van der Waals surface area contributed by atoms with E-state index >= 15 is 0 Å². The van der Waals surface area contributed by atoms with Crippen molar-refractivity contribution in [3.05, 3.63) is 29.3 Å². The fourth-order valence-corrected chi connectivity index (χ4v) is 3.34. The van der Waals surface area contributed by atoms with Crippen molar-refractivity contribution in [2.24, 2.45) is 16.3 Å².